The van der Waals surface area contributed by atoms with E-state index in [4.69, 9.17) is 0 Å². The minimum absolute atomic E-state index is 0.693. The normalized spacial score (nSPS) is 36.8. The second-order valence-corrected chi connectivity index (χ2v) is 4.92. The zero-order chi connectivity index (χ0) is 9.03. The van der Waals surface area contributed by atoms with Crippen LogP contribution in [0.25, 0.3) is 0 Å². The van der Waals surface area contributed by atoms with Crippen molar-refractivity contribution in [2.75, 3.05) is 0 Å². The van der Waals surface area contributed by atoms with Crippen LogP contribution >= 0.6 is 0 Å². The first-order valence-electron chi connectivity index (χ1n) is 5.70. The Kier molecular flexibility index (Phi) is 3.61. The largest absolute Gasteiger partial charge is 0.0654 e. The molecule has 0 heterocycles. The highest BCUT2D eigenvalue weighted by atomic mass is 14.3. The van der Waals surface area contributed by atoms with Crippen molar-refractivity contribution < 1.29 is 0 Å². The van der Waals surface area contributed by atoms with Gasteiger partial charge in [-0.15, -0.1) is 0 Å². The molecule has 2 unspecified atom stereocenters. The van der Waals surface area contributed by atoms with E-state index in [1.165, 1.54) is 44.9 Å². The van der Waals surface area contributed by atoms with Crippen LogP contribution in [0.3, 0.4) is 0 Å². The Labute approximate surface area is 77.7 Å². The van der Waals surface area contributed by atoms with Gasteiger partial charge in [0.2, 0.25) is 0 Å². The molecular formula is C12H24. The van der Waals surface area contributed by atoms with Gasteiger partial charge in [-0.1, -0.05) is 52.9 Å². The van der Waals surface area contributed by atoms with E-state index in [-0.39, 0.29) is 0 Å². The fourth-order valence-electron chi connectivity index (χ4n) is 2.69. The zero-order valence-electron chi connectivity index (χ0n) is 9.03. The lowest BCUT2D eigenvalue weighted by atomic mass is 9.68. The minimum atomic E-state index is 0.693. The van der Waals surface area contributed by atoms with Gasteiger partial charge in [0.15, 0.2) is 0 Å². The van der Waals surface area contributed by atoms with Gasteiger partial charge in [-0.25, -0.2) is 0 Å². The van der Waals surface area contributed by atoms with Crippen LogP contribution < -0.4 is 0 Å². The fourth-order valence-corrected chi connectivity index (χ4v) is 2.69. The van der Waals surface area contributed by atoms with E-state index in [1.807, 2.05) is 0 Å². The third-order valence-corrected chi connectivity index (χ3v) is 3.72. The Morgan fingerprint density at radius 1 is 1.33 bits per heavy atom. The smallest absolute Gasteiger partial charge is 0.0326 e. The molecule has 1 saturated carbocycles. The molecule has 0 radical (unpaired) electrons. The molecule has 0 heteroatoms. The van der Waals surface area contributed by atoms with Gasteiger partial charge in [-0.2, -0.15) is 0 Å². The molecule has 12 heavy (non-hydrogen) atoms. The Hall–Kier alpha value is 0. The lowest BCUT2D eigenvalue weighted by Crippen LogP contribution is -2.24. The molecule has 0 amide bonds. The molecule has 1 rings (SSSR count). The van der Waals surface area contributed by atoms with Crippen LogP contribution in [-0.2, 0) is 0 Å². The summed E-state index contributed by atoms with van der Waals surface area (Å²) in [6.45, 7) is 7.15. The van der Waals surface area contributed by atoms with Gasteiger partial charge in [-0.3, -0.25) is 0 Å². The topological polar surface area (TPSA) is 0 Å². The molecule has 0 saturated heterocycles. The summed E-state index contributed by atoms with van der Waals surface area (Å²) in [5.41, 5.74) is 0.693. The van der Waals surface area contributed by atoms with Gasteiger partial charge in [-0.05, 0) is 24.2 Å². The van der Waals surface area contributed by atoms with Crippen molar-refractivity contribution in [1.29, 1.82) is 0 Å². The predicted octanol–water partition coefficient (Wildman–Crippen LogP) is 4.39. The predicted molar refractivity (Wildman–Crippen MR) is 55.3 cm³/mol. The Bertz CT molecular complexity index is 126. The Balaban J connectivity index is 2.39. The molecule has 1 aliphatic rings. The third kappa shape index (κ3) is 2.50. The summed E-state index contributed by atoms with van der Waals surface area (Å²) >= 11 is 0. The number of hydrogen-bond acceptors (Lipinski definition) is 0. The molecule has 0 aliphatic heterocycles. The summed E-state index contributed by atoms with van der Waals surface area (Å²) in [7, 11) is 0. The van der Waals surface area contributed by atoms with E-state index in [9.17, 15) is 0 Å². The van der Waals surface area contributed by atoms with Crippen LogP contribution in [0.1, 0.15) is 65.7 Å². The average Bonchev–Trinajstić information content (AvgIpc) is 2.05. The van der Waals surface area contributed by atoms with Crippen LogP contribution in [0.15, 0.2) is 0 Å². The summed E-state index contributed by atoms with van der Waals surface area (Å²) in [6, 6.07) is 0. The highest BCUT2D eigenvalue weighted by Gasteiger charge is 2.29. The van der Waals surface area contributed by atoms with Crippen molar-refractivity contribution in [1.82, 2.24) is 0 Å². The first-order valence-corrected chi connectivity index (χ1v) is 5.70. The second kappa shape index (κ2) is 4.30. The quantitative estimate of drug-likeness (QED) is 0.586. The molecule has 1 fully saturated rings. The molecule has 2 atom stereocenters. The van der Waals surface area contributed by atoms with Crippen molar-refractivity contribution in [2.24, 2.45) is 11.3 Å². The fraction of sp³-hybridized carbons (Fsp3) is 1.00. The average molecular weight is 168 g/mol. The van der Waals surface area contributed by atoms with E-state index in [2.05, 4.69) is 20.8 Å². The van der Waals surface area contributed by atoms with Crippen molar-refractivity contribution in [3.05, 3.63) is 0 Å². The Morgan fingerprint density at radius 2 is 2.08 bits per heavy atom. The summed E-state index contributed by atoms with van der Waals surface area (Å²) < 4.78 is 0. The van der Waals surface area contributed by atoms with Crippen LogP contribution in [-0.4, -0.2) is 0 Å². The maximum absolute atomic E-state index is 2.48. The maximum atomic E-state index is 2.48. The lowest BCUT2D eigenvalue weighted by molar-refractivity contribution is 0.146. The van der Waals surface area contributed by atoms with Crippen LogP contribution in [0.2, 0.25) is 0 Å². The van der Waals surface area contributed by atoms with E-state index in [0.717, 1.165) is 5.92 Å². The maximum Gasteiger partial charge on any atom is -0.0326 e. The summed E-state index contributed by atoms with van der Waals surface area (Å²) in [5, 5.41) is 0. The molecule has 0 N–H and O–H groups in total. The van der Waals surface area contributed by atoms with Gasteiger partial charge < -0.3 is 0 Å². The van der Waals surface area contributed by atoms with Crippen molar-refractivity contribution in [3.63, 3.8) is 0 Å². The third-order valence-electron chi connectivity index (χ3n) is 3.72. The van der Waals surface area contributed by atoms with E-state index in [0.29, 0.717) is 5.41 Å². The SMILES string of the molecule is CCCC1CCCC(C)(CC)C1. The minimum Gasteiger partial charge on any atom is -0.0654 e. The highest BCUT2D eigenvalue weighted by molar-refractivity contribution is 4.81. The van der Waals surface area contributed by atoms with Gasteiger partial charge in [0.05, 0.1) is 0 Å². The van der Waals surface area contributed by atoms with E-state index in [1.54, 1.807) is 0 Å². The van der Waals surface area contributed by atoms with E-state index < -0.39 is 0 Å². The number of hydrogen-bond donors (Lipinski definition) is 0. The summed E-state index contributed by atoms with van der Waals surface area (Å²) in [5.74, 6) is 1.05. The molecular weight excluding hydrogens is 144 g/mol. The van der Waals surface area contributed by atoms with Crippen LogP contribution in [0.5, 0.6) is 0 Å². The second-order valence-electron chi connectivity index (χ2n) is 4.92. The van der Waals surface area contributed by atoms with Gasteiger partial charge in [0.1, 0.15) is 0 Å². The highest BCUT2D eigenvalue weighted by Crippen LogP contribution is 2.42. The molecule has 0 aromatic rings. The summed E-state index contributed by atoms with van der Waals surface area (Å²) in [4.78, 5) is 0. The Morgan fingerprint density at radius 3 is 2.67 bits per heavy atom. The number of rotatable bonds is 3. The molecule has 0 bridgehead atoms. The lowest BCUT2D eigenvalue weighted by Gasteiger charge is -2.37. The molecule has 0 aromatic carbocycles. The van der Waals surface area contributed by atoms with Crippen molar-refractivity contribution in [2.45, 2.75) is 65.7 Å². The van der Waals surface area contributed by atoms with E-state index >= 15 is 0 Å². The molecule has 0 nitrogen and oxygen atoms in total. The van der Waals surface area contributed by atoms with Crippen molar-refractivity contribution in [3.8, 4) is 0 Å². The van der Waals surface area contributed by atoms with Gasteiger partial charge in [0.25, 0.3) is 0 Å². The first-order chi connectivity index (χ1) is 5.70. The monoisotopic (exact) mass is 168 g/mol. The molecule has 1 aliphatic carbocycles. The van der Waals surface area contributed by atoms with Crippen molar-refractivity contribution >= 4 is 0 Å². The molecule has 0 spiro atoms. The molecule has 72 valence electrons. The van der Waals surface area contributed by atoms with Gasteiger partial charge in [0, 0.05) is 0 Å². The van der Waals surface area contributed by atoms with Gasteiger partial charge >= 0.3 is 0 Å². The standard InChI is InChI=1S/C12H24/c1-4-7-11-8-6-9-12(3,5-2)10-11/h11H,4-10H2,1-3H3. The molecule has 0 aromatic heterocycles. The first kappa shape index (κ1) is 10.1. The van der Waals surface area contributed by atoms with Crippen LogP contribution in [0.4, 0.5) is 0 Å². The van der Waals surface area contributed by atoms with Crippen LogP contribution in [0, 0.1) is 11.3 Å². The summed E-state index contributed by atoms with van der Waals surface area (Å²) in [6.07, 6.45) is 10.2. The zero-order valence-corrected chi connectivity index (χ0v) is 9.03.